The standard InChI is InChI=1S/C17H18ClN3O3/c18-13-5-4-12(17(23)21-8-2-6-19-7-9-21)11-14(13)20-16(22)15-3-1-10-24-15/h1,3-5,10-11,19H,2,6-9H2,(H,20,22). The smallest absolute Gasteiger partial charge is 0.291 e. The summed E-state index contributed by atoms with van der Waals surface area (Å²) in [6.45, 7) is 3.06. The van der Waals surface area contributed by atoms with Crippen molar-refractivity contribution in [1.82, 2.24) is 10.2 Å². The lowest BCUT2D eigenvalue weighted by molar-refractivity contribution is 0.0766. The Morgan fingerprint density at radius 3 is 2.88 bits per heavy atom. The Bertz CT molecular complexity index is 723. The number of carbonyl (C=O) groups excluding carboxylic acids is 2. The monoisotopic (exact) mass is 347 g/mol. The van der Waals surface area contributed by atoms with Crippen molar-refractivity contribution in [3.8, 4) is 0 Å². The molecule has 0 bridgehead atoms. The maximum Gasteiger partial charge on any atom is 0.291 e. The second kappa shape index (κ2) is 7.51. The first-order chi connectivity index (χ1) is 11.6. The van der Waals surface area contributed by atoms with Gasteiger partial charge in [0.05, 0.1) is 17.0 Å². The summed E-state index contributed by atoms with van der Waals surface area (Å²) in [6, 6.07) is 8.07. The van der Waals surface area contributed by atoms with Crippen LogP contribution in [0.3, 0.4) is 0 Å². The molecule has 1 aliphatic heterocycles. The average Bonchev–Trinajstić information content (AvgIpc) is 2.99. The number of rotatable bonds is 3. The molecule has 126 valence electrons. The van der Waals surface area contributed by atoms with Gasteiger partial charge in [0.25, 0.3) is 11.8 Å². The largest absolute Gasteiger partial charge is 0.459 e. The van der Waals surface area contributed by atoms with Crippen molar-refractivity contribution in [2.45, 2.75) is 6.42 Å². The maximum absolute atomic E-state index is 12.7. The minimum atomic E-state index is -0.412. The van der Waals surface area contributed by atoms with Gasteiger partial charge in [-0.1, -0.05) is 11.6 Å². The van der Waals surface area contributed by atoms with E-state index >= 15 is 0 Å². The molecular weight excluding hydrogens is 330 g/mol. The highest BCUT2D eigenvalue weighted by Gasteiger charge is 2.19. The van der Waals surface area contributed by atoms with Crippen molar-refractivity contribution in [3.05, 3.63) is 52.9 Å². The Balaban J connectivity index is 1.77. The van der Waals surface area contributed by atoms with Crippen LogP contribution in [0.15, 0.2) is 41.0 Å². The number of furan rings is 1. The molecule has 3 rings (SSSR count). The Hall–Kier alpha value is -2.31. The number of benzene rings is 1. The van der Waals surface area contributed by atoms with Gasteiger partial charge in [0, 0.05) is 25.2 Å². The molecule has 0 aliphatic carbocycles. The number of hydrogen-bond donors (Lipinski definition) is 2. The van der Waals surface area contributed by atoms with Crippen LogP contribution >= 0.6 is 11.6 Å². The van der Waals surface area contributed by atoms with Crippen LogP contribution in [-0.2, 0) is 0 Å². The lowest BCUT2D eigenvalue weighted by atomic mass is 10.1. The van der Waals surface area contributed by atoms with Gasteiger partial charge in [-0.3, -0.25) is 9.59 Å². The van der Waals surface area contributed by atoms with Gasteiger partial charge in [0.15, 0.2) is 5.76 Å². The van der Waals surface area contributed by atoms with Crippen molar-refractivity contribution in [3.63, 3.8) is 0 Å². The zero-order valence-corrected chi connectivity index (χ0v) is 13.8. The van der Waals surface area contributed by atoms with Crippen LogP contribution < -0.4 is 10.6 Å². The number of carbonyl (C=O) groups is 2. The number of amides is 2. The molecule has 24 heavy (non-hydrogen) atoms. The second-order valence-electron chi connectivity index (χ2n) is 5.52. The third-order valence-electron chi connectivity index (χ3n) is 3.83. The van der Waals surface area contributed by atoms with E-state index in [-0.39, 0.29) is 11.7 Å². The number of nitrogens with zero attached hydrogens (tertiary/aromatic N) is 1. The normalized spacial score (nSPS) is 15.0. The molecule has 2 heterocycles. The zero-order valence-electron chi connectivity index (χ0n) is 13.0. The number of nitrogens with one attached hydrogen (secondary N) is 2. The predicted molar refractivity (Wildman–Crippen MR) is 91.5 cm³/mol. The van der Waals surface area contributed by atoms with E-state index in [1.165, 1.54) is 6.26 Å². The van der Waals surface area contributed by atoms with Crippen molar-refractivity contribution >= 4 is 29.1 Å². The quantitative estimate of drug-likeness (QED) is 0.895. The van der Waals surface area contributed by atoms with E-state index in [1.54, 1.807) is 35.2 Å². The maximum atomic E-state index is 12.7. The summed E-state index contributed by atoms with van der Waals surface area (Å²) < 4.78 is 5.06. The fourth-order valence-corrected chi connectivity index (χ4v) is 2.74. The van der Waals surface area contributed by atoms with E-state index in [0.29, 0.717) is 29.4 Å². The first-order valence-corrected chi connectivity index (χ1v) is 8.17. The third kappa shape index (κ3) is 3.77. The summed E-state index contributed by atoms with van der Waals surface area (Å²) >= 11 is 6.14. The molecule has 1 aromatic carbocycles. The van der Waals surface area contributed by atoms with Gasteiger partial charge in [0.1, 0.15) is 0 Å². The molecule has 6 nitrogen and oxygen atoms in total. The van der Waals surface area contributed by atoms with E-state index in [9.17, 15) is 9.59 Å². The molecule has 0 saturated carbocycles. The highest BCUT2D eigenvalue weighted by molar-refractivity contribution is 6.34. The fraction of sp³-hybridized carbons (Fsp3) is 0.294. The third-order valence-corrected chi connectivity index (χ3v) is 4.16. The summed E-state index contributed by atoms with van der Waals surface area (Å²) in [6.07, 6.45) is 2.34. The fourth-order valence-electron chi connectivity index (χ4n) is 2.58. The van der Waals surface area contributed by atoms with E-state index in [1.807, 2.05) is 0 Å². The molecule has 2 aromatic rings. The van der Waals surface area contributed by atoms with Gasteiger partial charge in [-0.2, -0.15) is 0 Å². The Kier molecular flexibility index (Phi) is 5.17. The minimum absolute atomic E-state index is 0.0659. The minimum Gasteiger partial charge on any atom is -0.459 e. The molecule has 7 heteroatoms. The van der Waals surface area contributed by atoms with E-state index in [0.717, 1.165) is 19.5 Å². The van der Waals surface area contributed by atoms with E-state index in [2.05, 4.69) is 10.6 Å². The number of anilines is 1. The van der Waals surface area contributed by atoms with Crippen LogP contribution in [0.2, 0.25) is 5.02 Å². The second-order valence-corrected chi connectivity index (χ2v) is 5.93. The summed E-state index contributed by atoms with van der Waals surface area (Å²) in [5, 5.41) is 6.30. The van der Waals surface area contributed by atoms with Gasteiger partial charge >= 0.3 is 0 Å². The molecule has 1 aliphatic rings. The molecule has 0 spiro atoms. The SMILES string of the molecule is O=C(Nc1cc(C(=O)N2CCCNCC2)ccc1Cl)c1ccco1. The molecular formula is C17H18ClN3O3. The van der Waals surface area contributed by atoms with Gasteiger partial charge in [-0.15, -0.1) is 0 Å². The van der Waals surface area contributed by atoms with E-state index < -0.39 is 5.91 Å². The topological polar surface area (TPSA) is 74.6 Å². The van der Waals surface area contributed by atoms with Crippen LogP contribution in [0.1, 0.15) is 27.3 Å². The van der Waals surface area contributed by atoms with Crippen LogP contribution in [0, 0.1) is 0 Å². The number of halogens is 1. The van der Waals surface area contributed by atoms with Crippen molar-refractivity contribution in [1.29, 1.82) is 0 Å². The lowest BCUT2D eigenvalue weighted by Crippen LogP contribution is -2.34. The Morgan fingerprint density at radius 2 is 2.08 bits per heavy atom. The van der Waals surface area contributed by atoms with Crippen LogP contribution in [0.25, 0.3) is 0 Å². The summed E-state index contributed by atoms with van der Waals surface area (Å²) in [5.74, 6) is -0.296. The van der Waals surface area contributed by atoms with Crippen LogP contribution in [-0.4, -0.2) is 42.9 Å². The molecule has 0 unspecified atom stereocenters. The molecule has 1 aromatic heterocycles. The Labute approximate surface area is 144 Å². The van der Waals surface area contributed by atoms with Crippen molar-refractivity contribution < 1.29 is 14.0 Å². The van der Waals surface area contributed by atoms with Crippen LogP contribution in [0.5, 0.6) is 0 Å². The van der Waals surface area contributed by atoms with E-state index in [4.69, 9.17) is 16.0 Å². The summed E-state index contributed by atoms with van der Waals surface area (Å²) in [5.41, 5.74) is 0.882. The molecule has 0 atom stereocenters. The summed E-state index contributed by atoms with van der Waals surface area (Å²) in [7, 11) is 0. The highest BCUT2D eigenvalue weighted by atomic mass is 35.5. The highest BCUT2D eigenvalue weighted by Crippen LogP contribution is 2.24. The van der Waals surface area contributed by atoms with Gasteiger partial charge in [-0.25, -0.2) is 0 Å². The summed E-state index contributed by atoms with van der Waals surface area (Å²) in [4.78, 5) is 26.5. The van der Waals surface area contributed by atoms with Gasteiger partial charge < -0.3 is 20.0 Å². The lowest BCUT2D eigenvalue weighted by Gasteiger charge is -2.20. The molecule has 1 fully saturated rings. The van der Waals surface area contributed by atoms with Gasteiger partial charge in [-0.05, 0) is 43.3 Å². The van der Waals surface area contributed by atoms with Crippen molar-refractivity contribution in [2.24, 2.45) is 0 Å². The molecule has 2 N–H and O–H groups in total. The van der Waals surface area contributed by atoms with Crippen molar-refractivity contribution in [2.75, 3.05) is 31.5 Å². The first-order valence-electron chi connectivity index (χ1n) is 7.79. The Morgan fingerprint density at radius 1 is 1.21 bits per heavy atom. The van der Waals surface area contributed by atoms with Crippen LogP contribution in [0.4, 0.5) is 5.69 Å². The first kappa shape index (κ1) is 16.5. The predicted octanol–water partition coefficient (Wildman–Crippen LogP) is 2.62. The number of hydrogen-bond acceptors (Lipinski definition) is 4. The molecule has 2 amide bonds. The molecule has 1 saturated heterocycles. The zero-order chi connectivity index (χ0) is 16.9. The average molecular weight is 348 g/mol. The van der Waals surface area contributed by atoms with Gasteiger partial charge in [0.2, 0.25) is 0 Å². The molecule has 0 radical (unpaired) electrons.